The van der Waals surface area contributed by atoms with Crippen molar-refractivity contribution in [2.45, 2.75) is 20.4 Å². The number of hydrogen-bond acceptors (Lipinski definition) is 2. The van der Waals surface area contributed by atoms with Crippen molar-refractivity contribution in [2.24, 2.45) is 0 Å². The number of nitrogens with one attached hydrogen (secondary N) is 1. The molecule has 0 saturated heterocycles. The Bertz CT molecular complexity index is 726. The molecule has 4 nitrogen and oxygen atoms in total. The lowest BCUT2D eigenvalue weighted by Gasteiger charge is -2.09. The van der Waals surface area contributed by atoms with E-state index < -0.39 is 5.97 Å². The lowest BCUT2D eigenvalue weighted by atomic mass is 10.0. The standard InChI is InChI=1S/C17H17NO3/c1-11(12(2)17(20)21)16(19)18-10-14-8-5-7-13-6-3-4-9-15(13)14/h3-9H,10H2,1-2H3,(H,18,19)(H,20,21). The molecule has 2 aromatic carbocycles. The summed E-state index contributed by atoms with van der Waals surface area (Å²) in [6, 6.07) is 13.8. The number of amides is 1. The Labute approximate surface area is 123 Å². The molecule has 0 aliphatic carbocycles. The zero-order valence-electron chi connectivity index (χ0n) is 12.0. The topological polar surface area (TPSA) is 66.4 Å². The molecule has 4 heteroatoms. The fourth-order valence-corrected chi connectivity index (χ4v) is 2.09. The quantitative estimate of drug-likeness (QED) is 0.848. The number of benzene rings is 2. The highest BCUT2D eigenvalue weighted by Gasteiger charge is 2.12. The van der Waals surface area contributed by atoms with Crippen LogP contribution in [-0.4, -0.2) is 17.0 Å². The van der Waals surface area contributed by atoms with Gasteiger partial charge in [-0.3, -0.25) is 4.79 Å². The van der Waals surface area contributed by atoms with Gasteiger partial charge in [-0.15, -0.1) is 0 Å². The van der Waals surface area contributed by atoms with Crippen molar-refractivity contribution in [3.8, 4) is 0 Å². The molecule has 0 heterocycles. The number of carbonyl (C=O) groups excluding carboxylic acids is 1. The van der Waals surface area contributed by atoms with E-state index in [1.165, 1.54) is 13.8 Å². The first-order valence-electron chi connectivity index (χ1n) is 6.66. The second-order valence-corrected chi connectivity index (χ2v) is 4.88. The van der Waals surface area contributed by atoms with E-state index in [1.54, 1.807) is 0 Å². The third kappa shape index (κ3) is 3.28. The van der Waals surface area contributed by atoms with Crippen LogP contribution in [0, 0.1) is 0 Å². The van der Waals surface area contributed by atoms with Crippen LogP contribution in [0.3, 0.4) is 0 Å². The summed E-state index contributed by atoms with van der Waals surface area (Å²) in [5.41, 5.74) is 1.29. The van der Waals surface area contributed by atoms with Gasteiger partial charge in [0.1, 0.15) is 0 Å². The van der Waals surface area contributed by atoms with Crippen molar-refractivity contribution < 1.29 is 14.7 Å². The molecule has 0 unspecified atom stereocenters. The SMILES string of the molecule is CC(C(=O)O)=C(C)C(=O)NCc1cccc2ccccc12. The molecule has 21 heavy (non-hydrogen) atoms. The van der Waals surface area contributed by atoms with Gasteiger partial charge in [0.2, 0.25) is 5.91 Å². The minimum Gasteiger partial charge on any atom is -0.478 e. The molecule has 0 radical (unpaired) electrons. The van der Waals surface area contributed by atoms with Crippen molar-refractivity contribution in [1.82, 2.24) is 5.32 Å². The number of aliphatic carboxylic acids is 1. The van der Waals surface area contributed by atoms with E-state index in [0.29, 0.717) is 6.54 Å². The maximum atomic E-state index is 12.0. The first kappa shape index (κ1) is 14.8. The predicted molar refractivity (Wildman–Crippen MR) is 81.8 cm³/mol. The second kappa shape index (κ2) is 6.22. The summed E-state index contributed by atoms with van der Waals surface area (Å²) in [5, 5.41) is 13.8. The molecule has 1 amide bonds. The summed E-state index contributed by atoms with van der Waals surface area (Å²) in [5.74, 6) is -1.43. The van der Waals surface area contributed by atoms with Gasteiger partial charge in [0, 0.05) is 17.7 Å². The number of carbonyl (C=O) groups is 2. The molecule has 0 saturated carbocycles. The molecule has 0 aliphatic heterocycles. The van der Waals surface area contributed by atoms with Crippen molar-refractivity contribution in [3.05, 3.63) is 59.2 Å². The van der Waals surface area contributed by atoms with Crippen molar-refractivity contribution in [2.75, 3.05) is 0 Å². The van der Waals surface area contributed by atoms with Gasteiger partial charge in [-0.05, 0) is 30.2 Å². The van der Waals surface area contributed by atoms with E-state index in [1.807, 2.05) is 42.5 Å². The molecule has 2 N–H and O–H groups in total. The van der Waals surface area contributed by atoms with Crippen LogP contribution in [0.2, 0.25) is 0 Å². The lowest BCUT2D eigenvalue weighted by Crippen LogP contribution is -2.25. The van der Waals surface area contributed by atoms with Gasteiger partial charge < -0.3 is 10.4 Å². The first-order chi connectivity index (χ1) is 10.0. The van der Waals surface area contributed by atoms with E-state index in [0.717, 1.165) is 16.3 Å². The van der Waals surface area contributed by atoms with Crippen LogP contribution in [0.4, 0.5) is 0 Å². The first-order valence-corrected chi connectivity index (χ1v) is 6.66. The molecular formula is C17H17NO3. The molecule has 0 fully saturated rings. The van der Waals surface area contributed by atoms with Crippen LogP contribution < -0.4 is 5.32 Å². The maximum Gasteiger partial charge on any atom is 0.331 e. The summed E-state index contributed by atoms with van der Waals surface area (Å²) < 4.78 is 0. The maximum absolute atomic E-state index is 12.0. The van der Waals surface area contributed by atoms with Gasteiger partial charge in [0.15, 0.2) is 0 Å². The molecular weight excluding hydrogens is 266 g/mol. The van der Waals surface area contributed by atoms with E-state index in [-0.39, 0.29) is 17.1 Å². The summed E-state index contributed by atoms with van der Waals surface area (Å²) in [4.78, 5) is 22.8. The van der Waals surface area contributed by atoms with Crippen LogP contribution in [0.15, 0.2) is 53.6 Å². The van der Waals surface area contributed by atoms with Crippen LogP contribution in [0.1, 0.15) is 19.4 Å². The van der Waals surface area contributed by atoms with Gasteiger partial charge in [0.05, 0.1) is 0 Å². The van der Waals surface area contributed by atoms with Crippen molar-refractivity contribution in [1.29, 1.82) is 0 Å². The normalized spacial score (nSPS) is 11.9. The third-order valence-corrected chi connectivity index (χ3v) is 3.54. The number of carboxylic acid groups (broad SMARTS) is 1. The number of carboxylic acids is 1. The third-order valence-electron chi connectivity index (χ3n) is 3.54. The Hall–Kier alpha value is -2.62. The Morgan fingerprint density at radius 1 is 1.00 bits per heavy atom. The average Bonchev–Trinajstić information content (AvgIpc) is 2.50. The van der Waals surface area contributed by atoms with Gasteiger partial charge in [-0.2, -0.15) is 0 Å². The molecule has 2 aromatic rings. The lowest BCUT2D eigenvalue weighted by molar-refractivity contribution is -0.133. The highest BCUT2D eigenvalue weighted by Crippen LogP contribution is 2.18. The highest BCUT2D eigenvalue weighted by molar-refractivity contribution is 6.01. The van der Waals surface area contributed by atoms with Gasteiger partial charge in [0.25, 0.3) is 0 Å². The number of fused-ring (bicyclic) bond motifs is 1. The van der Waals surface area contributed by atoms with Crippen LogP contribution in [0.25, 0.3) is 10.8 Å². The van der Waals surface area contributed by atoms with E-state index >= 15 is 0 Å². The molecule has 0 aromatic heterocycles. The average molecular weight is 283 g/mol. The van der Waals surface area contributed by atoms with E-state index in [2.05, 4.69) is 5.32 Å². The minimum absolute atomic E-state index is 0.0606. The van der Waals surface area contributed by atoms with Gasteiger partial charge >= 0.3 is 5.97 Å². The largest absolute Gasteiger partial charge is 0.478 e. The Morgan fingerprint density at radius 3 is 2.38 bits per heavy atom. The molecule has 0 atom stereocenters. The molecule has 0 aliphatic rings. The smallest absolute Gasteiger partial charge is 0.331 e. The summed E-state index contributed by atoms with van der Waals surface area (Å²) in [6.07, 6.45) is 0. The van der Waals surface area contributed by atoms with Gasteiger partial charge in [-0.25, -0.2) is 4.79 Å². The van der Waals surface area contributed by atoms with Gasteiger partial charge in [-0.1, -0.05) is 42.5 Å². The molecule has 108 valence electrons. The number of rotatable bonds is 4. The zero-order chi connectivity index (χ0) is 15.4. The highest BCUT2D eigenvalue weighted by atomic mass is 16.4. The Morgan fingerprint density at radius 2 is 1.67 bits per heavy atom. The van der Waals surface area contributed by atoms with Crippen molar-refractivity contribution in [3.63, 3.8) is 0 Å². The Kier molecular flexibility index (Phi) is 4.38. The fourth-order valence-electron chi connectivity index (χ4n) is 2.09. The summed E-state index contributed by atoms with van der Waals surface area (Å²) >= 11 is 0. The number of hydrogen-bond donors (Lipinski definition) is 2. The second-order valence-electron chi connectivity index (χ2n) is 4.88. The molecule has 0 spiro atoms. The minimum atomic E-state index is -1.08. The predicted octanol–water partition coefficient (Wildman–Crippen LogP) is 2.88. The van der Waals surface area contributed by atoms with Crippen molar-refractivity contribution >= 4 is 22.6 Å². The zero-order valence-corrected chi connectivity index (χ0v) is 12.0. The van der Waals surface area contributed by atoms with Crippen LogP contribution in [-0.2, 0) is 16.1 Å². The molecule has 2 rings (SSSR count). The Balaban J connectivity index is 2.18. The van der Waals surface area contributed by atoms with Crippen LogP contribution >= 0.6 is 0 Å². The summed E-state index contributed by atoms with van der Waals surface area (Å²) in [6.45, 7) is 3.31. The summed E-state index contributed by atoms with van der Waals surface area (Å²) in [7, 11) is 0. The fraction of sp³-hybridized carbons (Fsp3) is 0.176. The monoisotopic (exact) mass is 283 g/mol. The van der Waals surface area contributed by atoms with Crippen LogP contribution in [0.5, 0.6) is 0 Å². The van der Waals surface area contributed by atoms with E-state index in [9.17, 15) is 9.59 Å². The van der Waals surface area contributed by atoms with E-state index in [4.69, 9.17) is 5.11 Å². The molecule has 0 bridgehead atoms.